The second kappa shape index (κ2) is 4.66. The fourth-order valence-corrected chi connectivity index (χ4v) is 1.96. The third-order valence-corrected chi connectivity index (χ3v) is 3.17. The first-order chi connectivity index (χ1) is 7.68. The van der Waals surface area contributed by atoms with E-state index in [1.165, 1.54) is 11.1 Å². The molecule has 3 nitrogen and oxygen atoms in total. The van der Waals surface area contributed by atoms with Crippen LogP contribution in [0.3, 0.4) is 0 Å². The number of carbonyl (C=O) groups excluding carboxylic acids is 1. The summed E-state index contributed by atoms with van der Waals surface area (Å²) < 4.78 is 0. The van der Waals surface area contributed by atoms with Crippen molar-refractivity contribution < 1.29 is 4.79 Å². The van der Waals surface area contributed by atoms with Crippen molar-refractivity contribution in [1.82, 2.24) is 10.6 Å². The molecule has 0 saturated carbocycles. The van der Waals surface area contributed by atoms with Crippen molar-refractivity contribution in [1.29, 1.82) is 0 Å². The van der Waals surface area contributed by atoms with Crippen LogP contribution in [-0.2, 0) is 4.79 Å². The first kappa shape index (κ1) is 11.1. The monoisotopic (exact) mass is 218 g/mol. The minimum absolute atomic E-state index is 0.0919. The summed E-state index contributed by atoms with van der Waals surface area (Å²) in [5, 5.41) is 6.17. The van der Waals surface area contributed by atoms with E-state index in [0.29, 0.717) is 0 Å². The quantitative estimate of drug-likeness (QED) is 0.805. The molecule has 86 valence electrons. The molecule has 0 aliphatic carbocycles. The first-order valence-electron chi connectivity index (χ1n) is 5.75. The normalized spacial score (nSPS) is 17.6. The Labute approximate surface area is 96.2 Å². The van der Waals surface area contributed by atoms with Gasteiger partial charge in [-0.05, 0) is 25.0 Å². The van der Waals surface area contributed by atoms with Gasteiger partial charge in [0.15, 0.2) is 0 Å². The average Bonchev–Trinajstić information content (AvgIpc) is 2.15. The Morgan fingerprint density at radius 2 is 2.12 bits per heavy atom. The van der Waals surface area contributed by atoms with Crippen molar-refractivity contribution in [2.24, 2.45) is 5.92 Å². The first-order valence-corrected chi connectivity index (χ1v) is 5.75. The predicted molar refractivity (Wildman–Crippen MR) is 64.1 cm³/mol. The van der Waals surface area contributed by atoms with E-state index in [2.05, 4.69) is 29.7 Å². The van der Waals surface area contributed by atoms with Gasteiger partial charge in [0.2, 0.25) is 5.91 Å². The molecule has 3 heteroatoms. The maximum atomic E-state index is 11.8. The fourth-order valence-electron chi connectivity index (χ4n) is 1.96. The highest BCUT2D eigenvalue weighted by Gasteiger charge is 2.25. The van der Waals surface area contributed by atoms with E-state index >= 15 is 0 Å². The Hall–Kier alpha value is -1.35. The van der Waals surface area contributed by atoms with Gasteiger partial charge >= 0.3 is 0 Å². The highest BCUT2D eigenvalue weighted by atomic mass is 16.2. The number of aryl methyl sites for hydroxylation is 1. The zero-order valence-electron chi connectivity index (χ0n) is 9.79. The van der Waals surface area contributed by atoms with Gasteiger partial charge in [0, 0.05) is 13.1 Å². The van der Waals surface area contributed by atoms with Crippen molar-refractivity contribution >= 4 is 5.91 Å². The van der Waals surface area contributed by atoms with Crippen LogP contribution in [0.25, 0.3) is 0 Å². The standard InChI is InChI=1S/C13H18N2O/c1-9-5-3-4-6-12(9)10(2)15-13(16)11-7-14-8-11/h3-6,10-11,14H,7-8H2,1-2H3,(H,15,16)/t10-/m1/s1. The van der Waals surface area contributed by atoms with Crippen molar-refractivity contribution in [3.63, 3.8) is 0 Å². The Morgan fingerprint density at radius 3 is 2.69 bits per heavy atom. The molecule has 0 radical (unpaired) electrons. The van der Waals surface area contributed by atoms with Crippen molar-refractivity contribution in [3.05, 3.63) is 35.4 Å². The predicted octanol–water partition coefficient (Wildman–Crippen LogP) is 1.39. The molecule has 0 spiro atoms. The van der Waals surface area contributed by atoms with E-state index < -0.39 is 0 Å². The molecule has 1 heterocycles. The lowest BCUT2D eigenvalue weighted by atomic mass is 9.99. The summed E-state index contributed by atoms with van der Waals surface area (Å²) in [6.45, 7) is 5.73. The molecule has 0 unspecified atom stereocenters. The number of amides is 1. The molecule has 1 aromatic carbocycles. The van der Waals surface area contributed by atoms with Gasteiger partial charge in [0.05, 0.1) is 12.0 Å². The molecular weight excluding hydrogens is 200 g/mol. The van der Waals surface area contributed by atoms with Crippen molar-refractivity contribution in [2.75, 3.05) is 13.1 Å². The summed E-state index contributed by atoms with van der Waals surface area (Å²) in [7, 11) is 0. The number of hydrogen-bond donors (Lipinski definition) is 2. The Bertz CT molecular complexity index is 385. The lowest BCUT2D eigenvalue weighted by Crippen LogP contribution is -2.51. The van der Waals surface area contributed by atoms with Gasteiger partial charge in [-0.25, -0.2) is 0 Å². The molecule has 1 aromatic rings. The van der Waals surface area contributed by atoms with Gasteiger partial charge in [-0.1, -0.05) is 24.3 Å². The Morgan fingerprint density at radius 1 is 1.44 bits per heavy atom. The van der Waals surface area contributed by atoms with Crippen LogP contribution in [0.2, 0.25) is 0 Å². The minimum Gasteiger partial charge on any atom is -0.349 e. The lowest BCUT2D eigenvalue weighted by molar-refractivity contribution is -0.127. The zero-order valence-corrected chi connectivity index (χ0v) is 9.79. The number of hydrogen-bond acceptors (Lipinski definition) is 2. The molecule has 0 aromatic heterocycles. The van der Waals surface area contributed by atoms with Gasteiger partial charge in [-0.3, -0.25) is 4.79 Å². The van der Waals surface area contributed by atoms with Crippen LogP contribution in [0.4, 0.5) is 0 Å². The molecule has 2 N–H and O–H groups in total. The maximum absolute atomic E-state index is 11.8. The zero-order chi connectivity index (χ0) is 11.5. The SMILES string of the molecule is Cc1ccccc1[C@@H](C)NC(=O)C1CNC1. The van der Waals surface area contributed by atoms with Crippen LogP contribution >= 0.6 is 0 Å². The molecule has 0 bridgehead atoms. The van der Waals surface area contributed by atoms with Crippen LogP contribution < -0.4 is 10.6 Å². The van der Waals surface area contributed by atoms with Crippen LogP contribution in [0.1, 0.15) is 24.1 Å². The smallest absolute Gasteiger partial charge is 0.226 e. The van der Waals surface area contributed by atoms with Crippen LogP contribution in [-0.4, -0.2) is 19.0 Å². The van der Waals surface area contributed by atoms with E-state index in [0.717, 1.165) is 13.1 Å². The number of benzene rings is 1. The molecule has 16 heavy (non-hydrogen) atoms. The summed E-state index contributed by atoms with van der Waals surface area (Å²) in [4.78, 5) is 11.8. The highest BCUT2D eigenvalue weighted by Crippen LogP contribution is 2.17. The summed E-state index contributed by atoms with van der Waals surface area (Å²) in [6, 6.07) is 8.26. The molecule has 1 aliphatic rings. The van der Waals surface area contributed by atoms with E-state index in [-0.39, 0.29) is 17.9 Å². The minimum atomic E-state index is 0.0919. The summed E-state index contributed by atoms with van der Waals surface area (Å²) in [5.41, 5.74) is 2.42. The average molecular weight is 218 g/mol. The van der Waals surface area contributed by atoms with Gasteiger partial charge in [-0.2, -0.15) is 0 Å². The van der Waals surface area contributed by atoms with Crippen LogP contribution in [0.15, 0.2) is 24.3 Å². The van der Waals surface area contributed by atoms with Crippen molar-refractivity contribution in [2.45, 2.75) is 19.9 Å². The molecular formula is C13H18N2O. The van der Waals surface area contributed by atoms with E-state index in [1.54, 1.807) is 0 Å². The lowest BCUT2D eigenvalue weighted by Gasteiger charge is -2.28. The number of rotatable bonds is 3. The van der Waals surface area contributed by atoms with E-state index in [4.69, 9.17) is 0 Å². The molecule has 2 rings (SSSR count). The highest BCUT2D eigenvalue weighted by molar-refractivity contribution is 5.80. The van der Waals surface area contributed by atoms with Crippen LogP contribution in [0, 0.1) is 12.8 Å². The van der Waals surface area contributed by atoms with Gasteiger partial charge in [-0.15, -0.1) is 0 Å². The van der Waals surface area contributed by atoms with E-state index in [9.17, 15) is 4.79 Å². The Balaban J connectivity index is 1.99. The summed E-state index contributed by atoms with van der Waals surface area (Å²) in [6.07, 6.45) is 0. The second-order valence-electron chi connectivity index (χ2n) is 4.44. The van der Waals surface area contributed by atoms with E-state index in [1.807, 2.05) is 19.1 Å². The fraction of sp³-hybridized carbons (Fsp3) is 0.462. The molecule has 1 fully saturated rings. The molecule has 1 saturated heterocycles. The van der Waals surface area contributed by atoms with Crippen LogP contribution in [0.5, 0.6) is 0 Å². The van der Waals surface area contributed by atoms with Gasteiger partial charge < -0.3 is 10.6 Å². The van der Waals surface area contributed by atoms with Gasteiger partial charge in [0.1, 0.15) is 0 Å². The maximum Gasteiger partial charge on any atom is 0.226 e. The molecule has 1 atom stereocenters. The topological polar surface area (TPSA) is 41.1 Å². The molecule has 1 aliphatic heterocycles. The number of nitrogens with one attached hydrogen (secondary N) is 2. The summed E-state index contributed by atoms with van der Waals surface area (Å²) >= 11 is 0. The van der Waals surface area contributed by atoms with Crippen molar-refractivity contribution in [3.8, 4) is 0 Å². The Kier molecular flexibility index (Phi) is 3.25. The third kappa shape index (κ3) is 2.25. The van der Waals surface area contributed by atoms with Gasteiger partial charge in [0.25, 0.3) is 0 Å². The molecule has 1 amide bonds. The summed E-state index contributed by atoms with van der Waals surface area (Å²) in [5.74, 6) is 0.320. The third-order valence-electron chi connectivity index (χ3n) is 3.17. The largest absolute Gasteiger partial charge is 0.349 e. The second-order valence-corrected chi connectivity index (χ2v) is 4.44. The number of carbonyl (C=O) groups is 1.